The van der Waals surface area contributed by atoms with Crippen molar-refractivity contribution in [1.82, 2.24) is 20.3 Å². The molecule has 2 N–H and O–H groups in total. The highest BCUT2D eigenvalue weighted by Gasteiger charge is 2.36. The third kappa shape index (κ3) is 3.44. The molecular weight excluding hydrogens is 362 g/mol. The molecule has 0 spiro atoms. The van der Waals surface area contributed by atoms with Gasteiger partial charge in [0.15, 0.2) is 15.5 Å². The first-order chi connectivity index (χ1) is 13.0. The monoisotopic (exact) mass is 383 g/mol. The Labute approximate surface area is 160 Å². The smallest absolute Gasteiger partial charge is 0.278 e. The standard InChI is InChI=1S/C19H21N5O2S/c1-11(2)15-22-17(26)14-18(23-15)27-19(21-14)24-9-8-13(24)16(25)20-10-12-6-4-3-5-7-12/h3-7,11,13H,8-10H2,1-2H3,(H,20,25)(H,22,23,26)/t13-/m1/s1. The number of anilines is 1. The number of nitrogens with one attached hydrogen (secondary N) is 2. The van der Waals surface area contributed by atoms with Crippen molar-refractivity contribution in [3.05, 3.63) is 52.1 Å². The molecule has 1 atom stereocenters. The highest BCUT2D eigenvalue weighted by atomic mass is 32.1. The van der Waals surface area contributed by atoms with E-state index >= 15 is 0 Å². The first-order valence-corrected chi connectivity index (χ1v) is 9.83. The molecular formula is C19H21N5O2S. The molecule has 4 rings (SSSR count). The largest absolute Gasteiger partial charge is 0.350 e. The van der Waals surface area contributed by atoms with Gasteiger partial charge in [-0.2, -0.15) is 0 Å². The third-order valence-corrected chi connectivity index (χ3v) is 5.69. The second-order valence-corrected chi connectivity index (χ2v) is 7.91. The molecule has 27 heavy (non-hydrogen) atoms. The lowest BCUT2D eigenvalue weighted by atomic mass is 10.0. The van der Waals surface area contributed by atoms with Gasteiger partial charge in [-0.1, -0.05) is 55.5 Å². The van der Waals surface area contributed by atoms with E-state index in [-0.39, 0.29) is 23.4 Å². The molecule has 3 heterocycles. The molecule has 1 fully saturated rings. The summed E-state index contributed by atoms with van der Waals surface area (Å²) in [6, 6.07) is 9.57. The minimum atomic E-state index is -0.252. The van der Waals surface area contributed by atoms with E-state index in [2.05, 4.69) is 20.3 Å². The van der Waals surface area contributed by atoms with Crippen LogP contribution in [-0.2, 0) is 11.3 Å². The number of aromatic amines is 1. The Balaban J connectivity index is 1.51. The molecule has 0 bridgehead atoms. The Kier molecular flexibility index (Phi) is 4.65. The fourth-order valence-corrected chi connectivity index (χ4v) is 4.05. The lowest BCUT2D eigenvalue weighted by Gasteiger charge is -2.39. The van der Waals surface area contributed by atoms with E-state index in [9.17, 15) is 9.59 Å². The molecule has 0 radical (unpaired) electrons. The molecule has 1 aromatic carbocycles. The van der Waals surface area contributed by atoms with Crippen molar-refractivity contribution in [2.45, 2.75) is 38.8 Å². The maximum atomic E-state index is 12.5. The molecule has 1 aliphatic rings. The van der Waals surface area contributed by atoms with E-state index in [0.29, 0.717) is 27.8 Å². The number of H-pyrrole nitrogens is 1. The first kappa shape index (κ1) is 17.7. The van der Waals surface area contributed by atoms with Crippen molar-refractivity contribution in [3.8, 4) is 0 Å². The summed E-state index contributed by atoms with van der Waals surface area (Å²) in [5.41, 5.74) is 1.18. The zero-order chi connectivity index (χ0) is 19.0. The van der Waals surface area contributed by atoms with E-state index in [1.807, 2.05) is 49.1 Å². The lowest BCUT2D eigenvalue weighted by molar-refractivity contribution is -0.123. The predicted octanol–water partition coefficient (Wildman–Crippen LogP) is 2.40. The van der Waals surface area contributed by atoms with Crippen molar-refractivity contribution in [3.63, 3.8) is 0 Å². The number of benzene rings is 1. The van der Waals surface area contributed by atoms with Crippen LogP contribution in [0.5, 0.6) is 0 Å². The summed E-state index contributed by atoms with van der Waals surface area (Å²) in [4.78, 5) is 39.1. The van der Waals surface area contributed by atoms with E-state index in [4.69, 9.17) is 0 Å². The van der Waals surface area contributed by atoms with Gasteiger partial charge in [-0.15, -0.1) is 0 Å². The third-order valence-electron chi connectivity index (χ3n) is 4.70. The number of thiazole rings is 1. The summed E-state index contributed by atoms with van der Waals surface area (Å²) >= 11 is 1.37. The summed E-state index contributed by atoms with van der Waals surface area (Å²) in [5, 5.41) is 3.66. The zero-order valence-electron chi connectivity index (χ0n) is 15.2. The van der Waals surface area contributed by atoms with Crippen LogP contribution in [0, 0.1) is 0 Å². The number of carbonyl (C=O) groups is 1. The minimum absolute atomic E-state index is 0.0194. The molecule has 3 aromatic rings. The van der Waals surface area contributed by atoms with Gasteiger partial charge in [0.05, 0.1) is 0 Å². The Morgan fingerprint density at radius 3 is 2.78 bits per heavy atom. The normalized spacial score (nSPS) is 16.6. The van der Waals surface area contributed by atoms with Crippen LogP contribution in [0.3, 0.4) is 0 Å². The number of hydrogen-bond acceptors (Lipinski definition) is 6. The van der Waals surface area contributed by atoms with Crippen LogP contribution in [0.2, 0.25) is 0 Å². The average molecular weight is 383 g/mol. The Morgan fingerprint density at radius 1 is 1.33 bits per heavy atom. The molecule has 140 valence electrons. The summed E-state index contributed by atoms with van der Waals surface area (Å²) < 4.78 is 0. The highest BCUT2D eigenvalue weighted by Crippen LogP contribution is 2.32. The summed E-state index contributed by atoms with van der Waals surface area (Å²) in [6.07, 6.45) is 0.775. The first-order valence-electron chi connectivity index (χ1n) is 9.02. The van der Waals surface area contributed by atoms with Crippen molar-refractivity contribution >= 4 is 32.7 Å². The van der Waals surface area contributed by atoms with Crippen LogP contribution in [-0.4, -0.2) is 33.4 Å². The van der Waals surface area contributed by atoms with Gasteiger partial charge in [0.25, 0.3) is 5.56 Å². The molecule has 8 heteroatoms. The molecule has 7 nitrogen and oxygen atoms in total. The number of amides is 1. The van der Waals surface area contributed by atoms with Crippen LogP contribution in [0.25, 0.3) is 10.3 Å². The molecule has 0 aliphatic carbocycles. The molecule has 2 aromatic heterocycles. The van der Waals surface area contributed by atoms with Crippen molar-refractivity contribution in [1.29, 1.82) is 0 Å². The second-order valence-electron chi connectivity index (χ2n) is 6.96. The minimum Gasteiger partial charge on any atom is -0.350 e. The van der Waals surface area contributed by atoms with E-state index in [1.165, 1.54) is 11.3 Å². The number of rotatable bonds is 5. The van der Waals surface area contributed by atoms with Crippen molar-refractivity contribution in [2.75, 3.05) is 11.4 Å². The topological polar surface area (TPSA) is 91.0 Å². The Hall–Kier alpha value is -2.74. The van der Waals surface area contributed by atoms with Gasteiger partial charge in [0.1, 0.15) is 11.9 Å². The molecule has 1 aliphatic heterocycles. The van der Waals surface area contributed by atoms with Gasteiger partial charge in [-0.3, -0.25) is 9.59 Å². The maximum Gasteiger partial charge on any atom is 0.278 e. The number of fused-ring (bicyclic) bond motifs is 1. The van der Waals surface area contributed by atoms with Gasteiger partial charge in [-0.25, -0.2) is 9.97 Å². The molecule has 0 saturated carbocycles. The van der Waals surface area contributed by atoms with Gasteiger partial charge >= 0.3 is 0 Å². The van der Waals surface area contributed by atoms with Gasteiger partial charge < -0.3 is 15.2 Å². The van der Waals surface area contributed by atoms with Crippen molar-refractivity contribution in [2.24, 2.45) is 0 Å². The van der Waals surface area contributed by atoms with E-state index in [0.717, 1.165) is 18.5 Å². The lowest BCUT2D eigenvalue weighted by Crippen LogP contribution is -2.56. The van der Waals surface area contributed by atoms with Crippen LogP contribution in [0.4, 0.5) is 5.13 Å². The van der Waals surface area contributed by atoms with Gasteiger partial charge in [0.2, 0.25) is 5.91 Å². The number of nitrogens with zero attached hydrogens (tertiary/aromatic N) is 3. The summed E-state index contributed by atoms with van der Waals surface area (Å²) in [5.74, 6) is 0.769. The van der Waals surface area contributed by atoms with E-state index in [1.54, 1.807) is 0 Å². The number of carbonyl (C=O) groups excluding carboxylic acids is 1. The Morgan fingerprint density at radius 2 is 2.11 bits per heavy atom. The number of hydrogen-bond donors (Lipinski definition) is 2. The second kappa shape index (κ2) is 7.11. The fraction of sp³-hybridized carbons (Fsp3) is 0.368. The van der Waals surface area contributed by atoms with Crippen LogP contribution >= 0.6 is 11.3 Å². The fourth-order valence-electron chi connectivity index (χ4n) is 3.03. The van der Waals surface area contributed by atoms with Gasteiger partial charge in [0, 0.05) is 19.0 Å². The van der Waals surface area contributed by atoms with Crippen LogP contribution < -0.4 is 15.8 Å². The quantitative estimate of drug-likeness (QED) is 0.706. The average Bonchev–Trinajstić information content (AvgIpc) is 3.03. The number of aromatic nitrogens is 3. The summed E-state index contributed by atoms with van der Waals surface area (Å²) in [7, 11) is 0. The van der Waals surface area contributed by atoms with Gasteiger partial charge in [-0.05, 0) is 12.0 Å². The highest BCUT2D eigenvalue weighted by molar-refractivity contribution is 7.21. The SMILES string of the molecule is CC(C)c1nc2sc(N3CC[C@@H]3C(=O)NCc3ccccc3)nc2c(=O)[nH]1. The molecule has 0 unspecified atom stereocenters. The predicted molar refractivity (Wildman–Crippen MR) is 106 cm³/mol. The molecule has 1 amide bonds. The zero-order valence-corrected chi connectivity index (χ0v) is 16.0. The molecule has 1 saturated heterocycles. The Bertz CT molecular complexity index is 1030. The van der Waals surface area contributed by atoms with Crippen molar-refractivity contribution < 1.29 is 4.79 Å². The van der Waals surface area contributed by atoms with Crippen LogP contribution in [0.1, 0.15) is 37.6 Å². The van der Waals surface area contributed by atoms with E-state index < -0.39 is 0 Å². The van der Waals surface area contributed by atoms with Crippen LogP contribution in [0.15, 0.2) is 35.1 Å². The maximum absolute atomic E-state index is 12.5. The summed E-state index contributed by atoms with van der Waals surface area (Å²) in [6.45, 7) is 5.21.